The Labute approximate surface area is 179 Å². The third kappa shape index (κ3) is 19.9. The van der Waals surface area contributed by atoms with E-state index >= 15 is 0 Å². The van der Waals surface area contributed by atoms with Gasteiger partial charge in [0.05, 0.1) is 13.2 Å². The van der Waals surface area contributed by atoms with Crippen molar-refractivity contribution in [2.24, 2.45) is 4.99 Å². The summed E-state index contributed by atoms with van der Waals surface area (Å²) in [6.07, 6.45) is 23.5. The van der Waals surface area contributed by atoms with Gasteiger partial charge in [-0.1, -0.05) is 70.4 Å². The molecule has 1 aliphatic heterocycles. The Morgan fingerprint density at radius 1 is 1.00 bits per heavy atom. The molecule has 170 valence electrons. The number of amidine groups is 1. The molecule has 0 radical (unpaired) electrons. The molecule has 0 spiro atoms. The highest BCUT2D eigenvalue weighted by Gasteiger charge is 2.20. The number of carboxylic acids is 1. The van der Waals surface area contributed by atoms with Crippen molar-refractivity contribution in [1.29, 1.82) is 0 Å². The van der Waals surface area contributed by atoms with Crippen LogP contribution >= 0.6 is 0 Å². The number of aliphatic hydroxyl groups is 1. The third-order valence-corrected chi connectivity index (χ3v) is 5.21. The summed E-state index contributed by atoms with van der Waals surface area (Å²) in [7, 11) is 0. The number of carboxylic acid groups (broad SMARTS) is 1. The summed E-state index contributed by atoms with van der Waals surface area (Å²) in [5, 5.41) is 18.0. The van der Waals surface area contributed by atoms with E-state index in [1.807, 2.05) is 0 Å². The second-order valence-electron chi connectivity index (χ2n) is 7.98. The number of aliphatic carboxylic acids is 1. The van der Waals surface area contributed by atoms with E-state index in [1.165, 1.54) is 94.2 Å². The van der Waals surface area contributed by atoms with Crippen molar-refractivity contribution in [3.63, 3.8) is 0 Å². The number of carbonyl (C=O) groups excluding carboxylic acids is 1. The van der Waals surface area contributed by atoms with Gasteiger partial charge in [-0.3, -0.25) is 4.90 Å². The molecule has 5 heteroatoms. The maximum Gasteiger partial charge on any atom is 0.196 e. The Hall–Kier alpha value is -1.20. The van der Waals surface area contributed by atoms with Gasteiger partial charge < -0.3 is 15.0 Å². The molecule has 0 amide bonds. The van der Waals surface area contributed by atoms with Crippen molar-refractivity contribution >= 4 is 11.8 Å². The average Bonchev–Trinajstić information content (AvgIpc) is 3.12. The minimum absolute atomic E-state index is 0.279. The monoisotopic (exact) mass is 410 g/mol. The van der Waals surface area contributed by atoms with Gasteiger partial charge in [0.15, 0.2) is 5.84 Å². The van der Waals surface area contributed by atoms with Crippen LogP contribution in [-0.2, 0) is 4.79 Å². The number of hydrogen-bond acceptors (Lipinski definition) is 4. The highest BCUT2D eigenvalue weighted by atomic mass is 16.4. The molecule has 5 nitrogen and oxygen atoms in total. The van der Waals surface area contributed by atoms with Crippen LogP contribution in [0.4, 0.5) is 0 Å². The van der Waals surface area contributed by atoms with E-state index in [-0.39, 0.29) is 6.61 Å². The number of unbranched alkanes of at least 4 members (excludes halogenated alkanes) is 11. The van der Waals surface area contributed by atoms with Gasteiger partial charge in [0, 0.05) is 12.4 Å². The molecule has 0 saturated carbocycles. The fraction of sp³-hybridized carbons (Fsp3) is 0.833. The molecule has 2 N–H and O–H groups in total. The standard InChI is InChI=1S/C22H42N2O.C2H4O2/c1-2-3-4-5-6-7-8-9-10-11-12-13-14-15-16-17-22-23-18-19-24(22)20-21-25;1-2(3)4/h9-10,25H,2-8,11-21H2,1H3;1H3,(H,3,4)/b10-9+;. The van der Waals surface area contributed by atoms with Crippen LogP contribution in [0.2, 0.25) is 0 Å². The molecule has 0 bridgehead atoms. The number of quaternary nitrogens is 1. The van der Waals surface area contributed by atoms with Gasteiger partial charge in [0.2, 0.25) is 0 Å². The quantitative estimate of drug-likeness (QED) is 0.286. The van der Waals surface area contributed by atoms with Crippen molar-refractivity contribution in [2.45, 2.75) is 104 Å². The Morgan fingerprint density at radius 3 is 2.07 bits per heavy atom. The highest BCUT2D eigenvalue weighted by Crippen LogP contribution is 2.10. The number of allylic oxidation sites excluding steroid dienone is 2. The van der Waals surface area contributed by atoms with Crippen molar-refractivity contribution in [1.82, 2.24) is 0 Å². The van der Waals surface area contributed by atoms with Gasteiger partial charge in [0.1, 0.15) is 13.1 Å². The summed E-state index contributed by atoms with van der Waals surface area (Å²) in [5.41, 5.74) is 0. The third-order valence-electron chi connectivity index (χ3n) is 5.21. The van der Waals surface area contributed by atoms with Crippen molar-refractivity contribution in [2.75, 3.05) is 26.2 Å². The lowest BCUT2D eigenvalue weighted by atomic mass is 10.1. The first kappa shape index (κ1) is 27.8. The molecule has 0 aromatic carbocycles. The minimum atomic E-state index is -1.08. The molecule has 0 aromatic heterocycles. The average molecular weight is 411 g/mol. The first-order valence-corrected chi connectivity index (χ1v) is 11.9. The molecule has 0 fully saturated rings. The van der Waals surface area contributed by atoms with Crippen LogP contribution < -0.4 is 10.0 Å². The summed E-state index contributed by atoms with van der Waals surface area (Å²) in [4.78, 5) is 14.9. The first-order valence-electron chi connectivity index (χ1n) is 11.9. The largest absolute Gasteiger partial charge is 0.550 e. The molecular weight excluding hydrogens is 364 g/mol. The van der Waals surface area contributed by atoms with Crippen LogP contribution in [0.15, 0.2) is 17.1 Å². The number of aliphatic hydroxyl groups excluding tert-OH is 1. The number of aliphatic imine (C=N–C) groups is 1. The zero-order chi connectivity index (χ0) is 21.6. The van der Waals surface area contributed by atoms with Gasteiger partial charge in [-0.2, -0.15) is 0 Å². The lowest BCUT2D eigenvalue weighted by Crippen LogP contribution is -3.13. The molecule has 1 atom stereocenters. The van der Waals surface area contributed by atoms with E-state index in [0.29, 0.717) is 0 Å². The fourth-order valence-electron chi connectivity index (χ4n) is 3.61. The van der Waals surface area contributed by atoms with Gasteiger partial charge in [0.25, 0.3) is 0 Å². The minimum Gasteiger partial charge on any atom is -0.550 e. The SMILES string of the molecule is CC(=O)[O-].CCCCCCCC/C=C/CCCCCCCC1=NCC[NH+]1CCO. The highest BCUT2D eigenvalue weighted by molar-refractivity contribution is 5.74. The molecule has 1 heterocycles. The van der Waals surface area contributed by atoms with Crippen molar-refractivity contribution < 1.29 is 19.9 Å². The first-order chi connectivity index (χ1) is 14.1. The van der Waals surface area contributed by atoms with E-state index in [1.54, 1.807) is 0 Å². The Balaban J connectivity index is 0.00000178. The summed E-state index contributed by atoms with van der Waals surface area (Å²) < 4.78 is 0. The lowest BCUT2D eigenvalue weighted by Gasteiger charge is -2.12. The molecule has 0 saturated heterocycles. The zero-order valence-corrected chi connectivity index (χ0v) is 19.1. The Bertz CT molecular complexity index is 432. The van der Waals surface area contributed by atoms with Gasteiger partial charge in [-0.15, -0.1) is 0 Å². The molecule has 1 rings (SSSR count). The van der Waals surface area contributed by atoms with E-state index in [4.69, 9.17) is 15.0 Å². The number of rotatable bonds is 17. The second kappa shape index (κ2) is 21.5. The smallest absolute Gasteiger partial charge is 0.196 e. The lowest BCUT2D eigenvalue weighted by molar-refractivity contribution is -0.800. The maximum absolute atomic E-state index is 9.07. The summed E-state index contributed by atoms with van der Waals surface area (Å²) >= 11 is 0. The Kier molecular flexibility index (Phi) is 20.6. The fourth-order valence-corrected chi connectivity index (χ4v) is 3.61. The normalized spacial score (nSPS) is 16.0. The van der Waals surface area contributed by atoms with E-state index in [0.717, 1.165) is 33.0 Å². The van der Waals surface area contributed by atoms with E-state index in [9.17, 15) is 0 Å². The predicted molar refractivity (Wildman–Crippen MR) is 120 cm³/mol. The van der Waals surface area contributed by atoms with Crippen LogP contribution in [0.25, 0.3) is 0 Å². The van der Waals surface area contributed by atoms with Gasteiger partial charge in [-0.05, 0) is 39.0 Å². The van der Waals surface area contributed by atoms with Crippen molar-refractivity contribution in [3.8, 4) is 0 Å². The molecule has 1 unspecified atom stereocenters. The number of nitrogens with zero attached hydrogens (tertiary/aromatic N) is 1. The Morgan fingerprint density at radius 2 is 1.52 bits per heavy atom. The number of hydrogen-bond donors (Lipinski definition) is 2. The maximum atomic E-state index is 9.07. The second-order valence-corrected chi connectivity index (χ2v) is 7.98. The van der Waals surface area contributed by atoms with Gasteiger partial charge in [-0.25, -0.2) is 4.99 Å². The molecule has 1 aliphatic rings. The zero-order valence-electron chi connectivity index (χ0n) is 19.1. The molecule has 0 aliphatic carbocycles. The van der Waals surface area contributed by atoms with Crippen LogP contribution in [0.3, 0.4) is 0 Å². The molecular formula is C24H46N2O3. The summed E-state index contributed by atoms with van der Waals surface area (Å²) in [5.74, 6) is 0.228. The number of carbonyl (C=O) groups is 1. The number of nitrogens with one attached hydrogen (secondary N) is 1. The van der Waals surface area contributed by atoms with Crippen LogP contribution in [0.5, 0.6) is 0 Å². The van der Waals surface area contributed by atoms with E-state index < -0.39 is 5.97 Å². The van der Waals surface area contributed by atoms with Crippen LogP contribution in [0.1, 0.15) is 104 Å². The summed E-state index contributed by atoms with van der Waals surface area (Å²) in [6, 6.07) is 0. The predicted octanol–water partition coefficient (Wildman–Crippen LogP) is 3.07. The van der Waals surface area contributed by atoms with Crippen LogP contribution in [-0.4, -0.2) is 43.2 Å². The van der Waals surface area contributed by atoms with Crippen LogP contribution in [0, 0.1) is 0 Å². The van der Waals surface area contributed by atoms with Gasteiger partial charge >= 0.3 is 0 Å². The molecule has 29 heavy (non-hydrogen) atoms. The topological polar surface area (TPSA) is 77.2 Å². The summed E-state index contributed by atoms with van der Waals surface area (Å²) in [6.45, 7) is 6.40. The molecule has 0 aromatic rings. The van der Waals surface area contributed by atoms with Crippen molar-refractivity contribution in [3.05, 3.63) is 12.2 Å². The van der Waals surface area contributed by atoms with E-state index in [2.05, 4.69) is 24.1 Å².